The van der Waals surface area contributed by atoms with Crippen LogP contribution in [0, 0.1) is 0 Å². The monoisotopic (exact) mass is 411 g/mol. The maximum absolute atomic E-state index is 13.1. The van der Waals surface area contributed by atoms with E-state index < -0.39 is 15.9 Å². The Kier molecular flexibility index (Phi) is 5.10. The molecule has 8 heteroatoms. The Morgan fingerprint density at radius 3 is 2.55 bits per heavy atom. The summed E-state index contributed by atoms with van der Waals surface area (Å²) in [5, 5.41) is 7.49. The summed E-state index contributed by atoms with van der Waals surface area (Å²) in [6.45, 7) is 0. The van der Waals surface area contributed by atoms with Crippen LogP contribution < -0.4 is 10.1 Å². The standard InChI is InChI=1S/C21H21N3O4S/c1-28-19-10-6-5-9-17(19)20-18(13-24(23-20)16-7-3-2-4-8-16)21(25)22-15-11-12-29(26,27)14-15/h2-10,13,15H,11-12,14H2,1H3,(H,22,25). The van der Waals surface area contributed by atoms with E-state index in [4.69, 9.17) is 4.74 Å². The molecule has 0 radical (unpaired) electrons. The number of benzene rings is 2. The van der Waals surface area contributed by atoms with Crippen LogP contribution in [-0.4, -0.2) is 48.8 Å². The van der Waals surface area contributed by atoms with Crippen molar-refractivity contribution in [3.05, 3.63) is 66.4 Å². The zero-order valence-electron chi connectivity index (χ0n) is 15.9. The zero-order chi connectivity index (χ0) is 20.4. The molecule has 1 aliphatic rings. The van der Waals surface area contributed by atoms with Crippen molar-refractivity contribution in [3.63, 3.8) is 0 Å². The normalized spacial score (nSPS) is 17.8. The molecule has 0 bridgehead atoms. The van der Waals surface area contributed by atoms with E-state index >= 15 is 0 Å². The van der Waals surface area contributed by atoms with Crippen molar-refractivity contribution in [2.45, 2.75) is 12.5 Å². The van der Waals surface area contributed by atoms with Gasteiger partial charge in [0, 0.05) is 17.8 Å². The molecule has 1 aliphatic heterocycles. The van der Waals surface area contributed by atoms with Crippen molar-refractivity contribution in [1.29, 1.82) is 0 Å². The van der Waals surface area contributed by atoms with Gasteiger partial charge in [-0.05, 0) is 30.7 Å². The number of carbonyl (C=O) groups is 1. The van der Waals surface area contributed by atoms with Gasteiger partial charge in [0.1, 0.15) is 11.4 Å². The minimum absolute atomic E-state index is 0.0322. The Hall–Kier alpha value is -3.13. The van der Waals surface area contributed by atoms with Gasteiger partial charge in [-0.3, -0.25) is 4.79 Å². The summed E-state index contributed by atoms with van der Waals surface area (Å²) in [6, 6.07) is 16.4. The molecule has 7 nitrogen and oxygen atoms in total. The Balaban J connectivity index is 1.75. The van der Waals surface area contributed by atoms with Crippen molar-refractivity contribution in [1.82, 2.24) is 15.1 Å². The summed E-state index contributed by atoms with van der Waals surface area (Å²) in [6.07, 6.45) is 2.08. The van der Waals surface area contributed by atoms with Gasteiger partial charge in [-0.25, -0.2) is 13.1 Å². The van der Waals surface area contributed by atoms with Gasteiger partial charge < -0.3 is 10.1 Å². The summed E-state index contributed by atoms with van der Waals surface area (Å²) in [7, 11) is -1.52. The van der Waals surface area contributed by atoms with Gasteiger partial charge in [0.05, 0.1) is 29.9 Å². The molecule has 1 fully saturated rings. The molecule has 29 heavy (non-hydrogen) atoms. The van der Waals surface area contributed by atoms with E-state index in [2.05, 4.69) is 10.4 Å². The van der Waals surface area contributed by atoms with Gasteiger partial charge in [0.2, 0.25) is 0 Å². The highest BCUT2D eigenvalue weighted by Crippen LogP contribution is 2.32. The molecule has 1 aromatic heterocycles. The number of para-hydroxylation sites is 2. The van der Waals surface area contributed by atoms with Gasteiger partial charge >= 0.3 is 0 Å². The lowest BCUT2D eigenvalue weighted by atomic mass is 10.1. The van der Waals surface area contributed by atoms with Crippen molar-refractivity contribution in [3.8, 4) is 22.7 Å². The molecule has 1 N–H and O–H groups in total. The number of hydrogen-bond donors (Lipinski definition) is 1. The molecule has 3 aromatic rings. The Labute approximate surface area is 169 Å². The van der Waals surface area contributed by atoms with Crippen LogP contribution in [-0.2, 0) is 9.84 Å². The van der Waals surface area contributed by atoms with Crippen molar-refractivity contribution >= 4 is 15.7 Å². The largest absolute Gasteiger partial charge is 0.496 e. The van der Waals surface area contributed by atoms with E-state index in [1.807, 2.05) is 54.6 Å². The topological polar surface area (TPSA) is 90.3 Å². The minimum atomic E-state index is -3.09. The molecule has 0 spiro atoms. The second-order valence-corrected chi connectivity index (χ2v) is 9.17. The van der Waals surface area contributed by atoms with Crippen molar-refractivity contribution in [2.75, 3.05) is 18.6 Å². The lowest BCUT2D eigenvalue weighted by molar-refractivity contribution is 0.0942. The first-order chi connectivity index (χ1) is 14.0. The molecule has 1 unspecified atom stereocenters. The predicted octanol–water partition coefficient (Wildman–Crippen LogP) is 2.46. The third-order valence-electron chi connectivity index (χ3n) is 4.91. The van der Waals surface area contributed by atoms with Crippen LogP contribution in [0.25, 0.3) is 16.9 Å². The summed E-state index contributed by atoms with van der Waals surface area (Å²) in [5.41, 5.74) is 2.34. The molecule has 150 valence electrons. The third-order valence-corrected chi connectivity index (χ3v) is 6.68. The fraction of sp³-hybridized carbons (Fsp3) is 0.238. The van der Waals surface area contributed by atoms with Gasteiger partial charge in [-0.1, -0.05) is 30.3 Å². The maximum atomic E-state index is 13.1. The third kappa shape index (κ3) is 4.02. The molecule has 1 amide bonds. The zero-order valence-corrected chi connectivity index (χ0v) is 16.7. The van der Waals surface area contributed by atoms with E-state index in [0.29, 0.717) is 29.0 Å². The first-order valence-corrected chi connectivity index (χ1v) is 11.1. The lowest BCUT2D eigenvalue weighted by Gasteiger charge is -2.11. The smallest absolute Gasteiger partial charge is 0.255 e. The Morgan fingerprint density at radius 2 is 1.86 bits per heavy atom. The van der Waals surface area contributed by atoms with E-state index in [1.54, 1.807) is 18.0 Å². The quantitative estimate of drug-likeness (QED) is 0.697. The van der Waals surface area contributed by atoms with Crippen LogP contribution in [0.2, 0.25) is 0 Å². The van der Waals surface area contributed by atoms with Crippen LogP contribution in [0.5, 0.6) is 5.75 Å². The van der Waals surface area contributed by atoms with E-state index in [9.17, 15) is 13.2 Å². The number of sulfone groups is 1. The molecule has 0 saturated carbocycles. The maximum Gasteiger partial charge on any atom is 0.255 e. The van der Waals surface area contributed by atoms with Gasteiger partial charge in [-0.2, -0.15) is 5.10 Å². The molecule has 1 atom stereocenters. The van der Waals surface area contributed by atoms with Crippen LogP contribution in [0.15, 0.2) is 60.8 Å². The van der Waals surface area contributed by atoms with Gasteiger partial charge in [0.25, 0.3) is 5.91 Å². The molecule has 0 aliphatic carbocycles. The summed E-state index contributed by atoms with van der Waals surface area (Å²) in [5.74, 6) is 0.314. The van der Waals surface area contributed by atoms with Crippen LogP contribution >= 0.6 is 0 Å². The fourth-order valence-corrected chi connectivity index (χ4v) is 5.14. The summed E-state index contributed by atoms with van der Waals surface area (Å²) >= 11 is 0. The second kappa shape index (κ2) is 7.71. The van der Waals surface area contributed by atoms with E-state index in [1.165, 1.54) is 0 Å². The molecular weight excluding hydrogens is 390 g/mol. The highest BCUT2D eigenvalue weighted by atomic mass is 32.2. The van der Waals surface area contributed by atoms with E-state index in [0.717, 1.165) is 5.69 Å². The van der Waals surface area contributed by atoms with E-state index in [-0.39, 0.29) is 17.4 Å². The van der Waals surface area contributed by atoms with Crippen molar-refractivity contribution < 1.29 is 17.9 Å². The number of carbonyl (C=O) groups excluding carboxylic acids is 1. The number of ether oxygens (including phenoxy) is 1. The molecule has 2 heterocycles. The SMILES string of the molecule is COc1ccccc1-c1nn(-c2ccccc2)cc1C(=O)NC1CCS(=O)(=O)C1. The summed E-state index contributed by atoms with van der Waals surface area (Å²) in [4.78, 5) is 13.1. The highest BCUT2D eigenvalue weighted by Gasteiger charge is 2.30. The fourth-order valence-electron chi connectivity index (χ4n) is 3.46. The summed E-state index contributed by atoms with van der Waals surface area (Å²) < 4.78 is 30.6. The average Bonchev–Trinajstić information content (AvgIpc) is 3.32. The van der Waals surface area contributed by atoms with Crippen molar-refractivity contribution in [2.24, 2.45) is 0 Å². The number of nitrogens with one attached hydrogen (secondary N) is 1. The van der Waals surface area contributed by atoms with Crippen LogP contribution in [0.1, 0.15) is 16.8 Å². The van der Waals surface area contributed by atoms with Crippen LogP contribution in [0.3, 0.4) is 0 Å². The Bertz CT molecular complexity index is 1140. The number of nitrogens with zero attached hydrogens (tertiary/aromatic N) is 2. The number of hydrogen-bond acceptors (Lipinski definition) is 5. The first-order valence-electron chi connectivity index (χ1n) is 9.26. The number of methoxy groups -OCH3 is 1. The second-order valence-electron chi connectivity index (χ2n) is 6.95. The highest BCUT2D eigenvalue weighted by molar-refractivity contribution is 7.91. The molecule has 4 rings (SSSR count). The lowest BCUT2D eigenvalue weighted by Crippen LogP contribution is -2.35. The predicted molar refractivity (Wildman–Crippen MR) is 110 cm³/mol. The molecule has 2 aromatic carbocycles. The average molecular weight is 411 g/mol. The van der Waals surface area contributed by atoms with Crippen LogP contribution in [0.4, 0.5) is 0 Å². The van der Waals surface area contributed by atoms with Gasteiger partial charge in [0.15, 0.2) is 9.84 Å². The van der Waals surface area contributed by atoms with Gasteiger partial charge in [-0.15, -0.1) is 0 Å². The molecular formula is C21H21N3O4S. The minimum Gasteiger partial charge on any atom is -0.496 e. The number of amides is 1. The number of aromatic nitrogens is 2. The number of rotatable bonds is 5. The first kappa shape index (κ1) is 19.2. The molecule has 1 saturated heterocycles. The Morgan fingerprint density at radius 1 is 1.14 bits per heavy atom.